The number of rotatable bonds is 3. The van der Waals surface area contributed by atoms with Crippen LogP contribution in [0.25, 0.3) is 11.0 Å². The Morgan fingerprint density at radius 2 is 1.95 bits per heavy atom. The zero-order chi connectivity index (χ0) is 14.8. The molecule has 1 unspecified atom stereocenters. The minimum absolute atomic E-state index is 0.215. The smallest absolute Gasteiger partial charge is 0.128 e. The first-order valence-corrected chi connectivity index (χ1v) is 7.21. The van der Waals surface area contributed by atoms with Gasteiger partial charge in [0.05, 0.1) is 16.5 Å². The molecule has 0 spiro atoms. The van der Waals surface area contributed by atoms with E-state index >= 15 is 0 Å². The molecule has 21 heavy (non-hydrogen) atoms. The molecular formula is C17H14ClN3. The Morgan fingerprint density at radius 3 is 2.62 bits per heavy atom. The van der Waals surface area contributed by atoms with Crippen LogP contribution in [0.15, 0.2) is 48.5 Å². The standard InChI is InChI=1S/C17H14ClN3/c1-12(18)17-20-16-14(10-19)8-5-9-15(16)21(17)11-13-6-3-2-4-7-13/h2-9,12H,11H2,1H3. The van der Waals surface area contributed by atoms with Gasteiger partial charge in [-0.15, -0.1) is 11.6 Å². The lowest BCUT2D eigenvalue weighted by atomic mass is 10.2. The molecule has 0 fully saturated rings. The van der Waals surface area contributed by atoms with Gasteiger partial charge in [-0.2, -0.15) is 5.26 Å². The zero-order valence-corrected chi connectivity index (χ0v) is 12.4. The third kappa shape index (κ3) is 2.51. The van der Waals surface area contributed by atoms with Crippen molar-refractivity contribution in [3.63, 3.8) is 0 Å². The second kappa shape index (κ2) is 5.59. The molecule has 0 aliphatic carbocycles. The molecule has 3 rings (SSSR count). The highest BCUT2D eigenvalue weighted by Crippen LogP contribution is 2.27. The summed E-state index contributed by atoms with van der Waals surface area (Å²) in [6, 6.07) is 18.0. The lowest BCUT2D eigenvalue weighted by molar-refractivity contribution is 0.742. The van der Waals surface area contributed by atoms with E-state index in [1.807, 2.05) is 37.3 Å². The highest BCUT2D eigenvalue weighted by molar-refractivity contribution is 6.20. The Balaban J connectivity index is 2.20. The molecule has 2 aromatic carbocycles. The van der Waals surface area contributed by atoms with Crippen molar-refractivity contribution >= 4 is 22.6 Å². The van der Waals surface area contributed by atoms with Gasteiger partial charge in [0, 0.05) is 6.54 Å². The average molecular weight is 296 g/mol. The number of para-hydroxylation sites is 1. The fourth-order valence-corrected chi connectivity index (χ4v) is 2.66. The minimum atomic E-state index is -0.215. The molecule has 0 amide bonds. The Hall–Kier alpha value is -2.31. The Bertz CT molecular complexity index is 813. The number of halogens is 1. The van der Waals surface area contributed by atoms with E-state index in [1.54, 1.807) is 6.07 Å². The second-order valence-electron chi connectivity index (χ2n) is 4.94. The summed E-state index contributed by atoms with van der Waals surface area (Å²) in [6.07, 6.45) is 0. The van der Waals surface area contributed by atoms with Gasteiger partial charge < -0.3 is 4.57 Å². The monoisotopic (exact) mass is 295 g/mol. The predicted molar refractivity (Wildman–Crippen MR) is 84.3 cm³/mol. The molecule has 0 saturated heterocycles. The van der Waals surface area contributed by atoms with Crippen molar-refractivity contribution in [2.45, 2.75) is 18.8 Å². The van der Waals surface area contributed by atoms with E-state index in [1.165, 1.54) is 5.56 Å². The molecule has 3 nitrogen and oxygen atoms in total. The van der Waals surface area contributed by atoms with Crippen LogP contribution in [0.1, 0.15) is 29.3 Å². The van der Waals surface area contributed by atoms with Crippen molar-refractivity contribution in [2.24, 2.45) is 0 Å². The van der Waals surface area contributed by atoms with Crippen molar-refractivity contribution in [3.8, 4) is 6.07 Å². The summed E-state index contributed by atoms with van der Waals surface area (Å²) >= 11 is 6.28. The van der Waals surface area contributed by atoms with E-state index in [4.69, 9.17) is 11.6 Å². The maximum Gasteiger partial charge on any atom is 0.128 e. The van der Waals surface area contributed by atoms with Crippen LogP contribution in [0.5, 0.6) is 0 Å². The fraction of sp³-hybridized carbons (Fsp3) is 0.176. The van der Waals surface area contributed by atoms with Crippen LogP contribution >= 0.6 is 11.6 Å². The average Bonchev–Trinajstić information content (AvgIpc) is 2.87. The maximum absolute atomic E-state index is 9.23. The van der Waals surface area contributed by atoms with E-state index in [0.717, 1.165) is 16.9 Å². The number of nitriles is 1. The van der Waals surface area contributed by atoms with Crippen molar-refractivity contribution < 1.29 is 0 Å². The van der Waals surface area contributed by atoms with Gasteiger partial charge in [-0.05, 0) is 24.6 Å². The van der Waals surface area contributed by atoms with Gasteiger partial charge in [0.15, 0.2) is 0 Å². The molecule has 0 aliphatic rings. The first kappa shape index (κ1) is 13.7. The predicted octanol–water partition coefficient (Wildman–Crippen LogP) is 4.26. The van der Waals surface area contributed by atoms with Crippen LogP contribution in [0.3, 0.4) is 0 Å². The third-order valence-corrected chi connectivity index (χ3v) is 3.66. The normalized spacial score (nSPS) is 12.2. The molecule has 1 heterocycles. The largest absolute Gasteiger partial charge is 0.322 e. The quantitative estimate of drug-likeness (QED) is 0.678. The van der Waals surface area contributed by atoms with Crippen LogP contribution in [-0.2, 0) is 6.54 Å². The zero-order valence-electron chi connectivity index (χ0n) is 11.6. The van der Waals surface area contributed by atoms with Gasteiger partial charge in [0.1, 0.15) is 17.4 Å². The van der Waals surface area contributed by atoms with E-state index in [9.17, 15) is 5.26 Å². The lowest BCUT2D eigenvalue weighted by Crippen LogP contribution is -2.05. The van der Waals surface area contributed by atoms with Gasteiger partial charge in [-0.3, -0.25) is 0 Å². The Labute approximate surface area is 128 Å². The van der Waals surface area contributed by atoms with Gasteiger partial charge in [-0.25, -0.2) is 4.98 Å². The number of imidazole rings is 1. The number of benzene rings is 2. The van der Waals surface area contributed by atoms with E-state index < -0.39 is 0 Å². The molecule has 0 N–H and O–H groups in total. The van der Waals surface area contributed by atoms with Crippen LogP contribution in [-0.4, -0.2) is 9.55 Å². The summed E-state index contributed by atoms with van der Waals surface area (Å²) in [5.74, 6) is 0.790. The SMILES string of the molecule is CC(Cl)c1nc2c(C#N)cccc2n1Cc1ccccc1. The molecule has 0 aliphatic heterocycles. The number of nitrogens with zero attached hydrogens (tertiary/aromatic N) is 3. The Kier molecular flexibility index (Phi) is 3.64. The maximum atomic E-state index is 9.23. The van der Waals surface area contributed by atoms with Gasteiger partial charge in [0.2, 0.25) is 0 Å². The summed E-state index contributed by atoms with van der Waals surface area (Å²) in [5.41, 5.74) is 3.43. The van der Waals surface area contributed by atoms with Gasteiger partial charge in [0.25, 0.3) is 0 Å². The Morgan fingerprint density at radius 1 is 1.19 bits per heavy atom. The second-order valence-corrected chi connectivity index (χ2v) is 5.60. The number of fused-ring (bicyclic) bond motifs is 1. The molecule has 0 radical (unpaired) electrons. The molecular weight excluding hydrogens is 282 g/mol. The summed E-state index contributed by atoms with van der Waals surface area (Å²) in [7, 11) is 0. The minimum Gasteiger partial charge on any atom is -0.322 e. The lowest BCUT2D eigenvalue weighted by Gasteiger charge is -2.10. The van der Waals surface area contributed by atoms with Crippen molar-refractivity contribution in [3.05, 3.63) is 65.5 Å². The summed E-state index contributed by atoms with van der Waals surface area (Å²) in [6.45, 7) is 2.59. The molecule has 1 aromatic heterocycles. The topological polar surface area (TPSA) is 41.6 Å². The summed E-state index contributed by atoms with van der Waals surface area (Å²) in [4.78, 5) is 4.59. The number of alkyl halides is 1. The molecule has 3 aromatic rings. The van der Waals surface area contributed by atoms with E-state index in [2.05, 4.69) is 27.8 Å². The summed E-state index contributed by atoms with van der Waals surface area (Å²) in [5, 5.41) is 9.02. The van der Waals surface area contributed by atoms with Gasteiger partial charge >= 0.3 is 0 Å². The number of hydrogen-bond acceptors (Lipinski definition) is 2. The molecule has 0 bridgehead atoms. The van der Waals surface area contributed by atoms with Crippen molar-refractivity contribution in [1.82, 2.24) is 9.55 Å². The van der Waals surface area contributed by atoms with Crippen LogP contribution in [0, 0.1) is 11.3 Å². The van der Waals surface area contributed by atoms with Crippen LogP contribution in [0.2, 0.25) is 0 Å². The molecule has 0 saturated carbocycles. The number of aromatic nitrogens is 2. The van der Waals surface area contributed by atoms with E-state index in [0.29, 0.717) is 12.1 Å². The first-order valence-electron chi connectivity index (χ1n) is 6.78. The van der Waals surface area contributed by atoms with E-state index in [-0.39, 0.29) is 5.38 Å². The number of hydrogen-bond donors (Lipinski definition) is 0. The van der Waals surface area contributed by atoms with Crippen molar-refractivity contribution in [1.29, 1.82) is 5.26 Å². The third-order valence-electron chi connectivity index (χ3n) is 3.47. The highest BCUT2D eigenvalue weighted by Gasteiger charge is 2.17. The highest BCUT2D eigenvalue weighted by atomic mass is 35.5. The molecule has 1 atom stereocenters. The molecule has 4 heteroatoms. The van der Waals surface area contributed by atoms with Crippen LogP contribution in [0.4, 0.5) is 0 Å². The first-order chi connectivity index (χ1) is 10.2. The van der Waals surface area contributed by atoms with Crippen molar-refractivity contribution in [2.75, 3.05) is 0 Å². The molecule has 104 valence electrons. The summed E-state index contributed by atoms with van der Waals surface area (Å²) < 4.78 is 2.09. The fourth-order valence-electron chi connectivity index (χ4n) is 2.49. The van der Waals surface area contributed by atoms with Gasteiger partial charge in [-0.1, -0.05) is 36.4 Å². The van der Waals surface area contributed by atoms with Crippen LogP contribution < -0.4 is 0 Å².